The zero-order valence-corrected chi connectivity index (χ0v) is 14.0. The summed E-state index contributed by atoms with van der Waals surface area (Å²) < 4.78 is 224. The summed E-state index contributed by atoms with van der Waals surface area (Å²) >= 11 is 0. The molecular formula is C8H4F18N2O2S. The maximum Gasteiger partial charge on any atom is 0.460 e. The third kappa shape index (κ3) is 8.40. The van der Waals surface area contributed by atoms with Gasteiger partial charge >= 0.3 is 59.4 Å². The molecule has 0 saturated carbocycles. The first-order valence-corrected chi connectivity index (χ1v) is 6.90. The molecule has 0 fully saturated rings. The highest BCUT2D eigenvalue weighted by Crippen LogP contribution is 2.49. The van der Waals surface area contributed by atoms with Crippen LogP contribution in [0.3, 0.4) is 0 Å². The van der Waals surface area contributed by atoms with Crippen molar-refractivity contribution in [3.05, 3.63) is 0 Å². The topological polar surface area (TPSA) is 72.5 Å². The molecule has 0 bridgehead atoms. The summed E-state index contributed by atoms with van der Waals surface area (Å²) in [5, 5.41) is 0. The number of alkyl halides is 18. The molecule has 0 saturated heterocycles. The first-order chi connectivity index (χ1) is 13.2. The predicted octanol–water partition coefficient (Wildman–Crippen LogP) is 5.09. The molecule has 0 aromatic carbocycles. The van der Waals surface area contributed by atoms with Crippen molar-refractivity contribution in [1.82, 2.24) is 0 Å². The van der Waals surface area contributed by atoms with Crippen molar-refractivity contribution >= 4 is 10.5 Å². The molecule has 0 aromatic rings. The second-order valence-corrected chi connectivity index (χ2v) is 4.96. The minimum Gasteiger partial charge on any atom is -0.212 e. The molecule has 0 radical (unpaired) electrons. The maximum absolute atomic E-state index is 11.6. The molecule has 0 spiro atoms. The molecule has 190 valence electrons. The van der Waals surface area contributed by atoms with Crippen LogP contribution in [0.25, 0.3) is 0 Å². The Kier molecular flexibility index (Phi) is 11.8. The van der Waals surface area contributed by atoms with Crippen LogP contribution in [0.1, 0.15) is 0 Å². The van der Waals surface area contributed by atoms with E-state index in [0.717, 1.165) is 0 Å². The fraction of sp³-hybridized carbons (Fsp3) is 1.00. The second-order valence-electron chi connectivity index (χ2n) is 4.31. The lowest BCUT2D eigenvalue weighted by Crippen LogP contribution is -2.55. The van der Waals surface area contributed by atoms with E-state index >= 15 is 0 Å². The quantitative estimate of drug-likeness (QED) is 0.311. The molecule has 0 aliphatic rings. The molecule has 0 amide bonds. The van der Waals surface area contributed by atoms with E-state index in [0.29, 0.717) is 0 Å². The largest absolute Gasteiger partial charge is 0.460 e. The van der Waals surface area contributed by atoms with Gasteiger partial charge < -0.3 is 0 Å². The Morgan fingerprint density at radius 1 is 0.548 bits per heavy atom. The number of hydrogen-bond donors (Lipinski definition) is 1. The van der Waals surface area contributed by atoms with Gasteiger partial charge in [0.05, 0.1) is 0 Å². The maximum atomic E-state index is 11.6. The second kappa shape index (κ2) is 10.8. The molecule has 0 aromatic heterocycles. The molecular weight excluding hydrogens is 530 g/mol. The third-order valence-corrected chi connectivity index (χ3v) is 2.36. The van der Waals surface area contributed by atoms with Crippen molar-refractivity contribution < 1.29 is 87.4 Å². The average Bonchev–Trinajstić information content (AvgIpc) is 2.53. The van der Waals surface area contributed by atoms with E-state index in [1.54, 1.807) is 0 Å². The van der Waals surface area contributed by atoms with Crippen LogP contribution in [0.15, 0.2) is 4.47 Å². The molecule has 0 aliphatic carbocycles. The SMILES string of the molecule is FC(F)C(F)(F)C(F)(F)C(F)(F)F.FC(F)C(F)(F)C(F)(F)C(F)(F)F.NN=S(=O)=O. The standard InChI is InChI=1S/2C4HF9.H2N2O2S/c2*5-1(6)2(7,8)3(9,10)4(11,12)13;1-2-5(3)4/h2*1H;1H2. The van der Waals surface area contributed by atoms with Crippen LogP contribution < -0.4 is 5.84 Å². The zero-order chi connectivity index (χ0) is 26.4. The van der Waals surface area contributed by atoms with Gasteiger partial charge in [0.2, 0.25) is 0 Å². The van der Waals surface area contributed by atoms with E-state index in [-0.39, 0.29) is 0 Å². The Morgan fingerprint density at radius 2 is 0.710 bits per heavy atom. The van der Waals surface area contributed by atoms with Crippen LogP contribution >= 0.6 is 0 Å². The van der Waals surface area contributed by atoms with E-state index in [2.05, 4.69) is 10.3 Å². The van der Waals surface area contributed by atoms with Gasteiger partial charge in [-0.1, -0.05) is 4.47 Å². The summed E-state index contributed by atoms with van der Waals surface area (Å²) in [6.07, 6.45) is -23.6. The smallest absolute Gasteiger partial charge is 0.212 e. The van der Waals surface area contributed by atoms with E-state index in [1.165, 1.54) is 0 Å². The highest BCUT2D eigenvalue weighted by atomic mass is 32.2. The van der Waals surface area contributed by atoms with Crippen molar-refractivity contribution in [3.63, 3.8) is 0 Å². The fourth-order valence-electron chi connectivity index (χ4n) is 0.652. The van der Waals surface area contributed by atoms with Crippen molar-refractivity contribution in [3.8, 4) is 0 Å². The van der Waals surface area contributed by atoms with Gasteiger partial charge in [0.1, 0.15) is 0 Å². The lowest BCUT2D eigenvalue weighted by molar-refractivity contribution is -0.375. The molecule has 0 atom stereocenters. The van der Waals surface area contributed by atoms with Gasteiger partial charge in [-0.15, -0.1) is 0 Å². The number of halogens is 18. The lowest BCUT2D eigenvalue weighted by atomic mass is 10.2. The Morgan fingerprint density at radius 3 is 0.742 bits per heavy atom. The van der Waals surface area contributed by atoms with Gasteiger partial charge in [-0.3, -0.25) is 0 Å². The van der Waals surface area contributed by atoms with Crippen LogP contribution in [0.5, 0.6) is 0 Å². The minimum absolute atomic E-state index is 2.31. The monoisotopic (exact) mass is 534 g/mol. The molecule has 0 heterocycles. The molecule has 0 aliphatic heterocycles. The summed E-state index contributed by atoms with van der Waals surface area (Å²) in [5.74, 6) is -22.1. The van der Waals surface area contributed by atoms with Crippen LogP contribution in [0.2, 0.25) is 0 Å². The third-order valence-electron chi connectivity index (χ3n) is 2.18. The van der Waals surface area contributed by atoms with Crippen molar-refractivity contribution in [1.29, 1.82) is 0 Å². The van der Waals surface area contributed by atoms with E-state index in [4.69, 9.17) is 8.42 Å². The number of hydrogen-bond acceptors (Lipinski definition) is 3. The Labute approximate surface area is 158 Å². The van der Waals surface area contributed by atoms with Gasteiger partial charge in [-0.25, -0.2) is 23.4 Å². The number of rotatable bonds is 4. The molecule has 0 unspecified atom stereocenters. The normalized spacial score (nSPS) is 13.8. The highest BCUT2D eigenvalue weighted by Gasteiger charge is 2.77. The Hall–Kier alpha value is -1.68. The Bertz CT molecular complexity index is 628. The van der Waals surface area contributed by atoms with Gasteiger partial charge in [-0.2, -0.15) is 69.9 Å². The van der Waals surface area contributed by atoms with Crippen LogP contribution in [0, 0.1) is 0 Å². The van der Waals surface area contributed by atoms with Crippen LogP contribution in [-0.2, 0) is 10.5 Å². The zero-order valence-electron chi connectivity index (χ0n) is 13.2. The summed E-state index contributed by atoms with van der Waals surface area (Å²) in [6.45, 7) is 0. The first kappa shape index (κ1) is 33.9. The van der Waals surface area contributed by atoms with Gasteiger partial charge in [0.15, 0.2) is 0 Å². The summed E-state index contributed by atoms with van der Waals surface area (Å²) in [4.78, 5) is 0. The van der Waals surface area contributed by atoms with Crippen LogP contribution in [0.4, 0.5) is 79.0 Å². The van der Waals surface area contributed by atoms with Gasteiger partial charge in [-0.05, 0) is 0 Å². The van der Waals surface area contributed by atoms with Crippen molar-refractivity contribution in [2.45, 2.75) is 48.9 Å². The summed E-state index contributed by atoms with van der Waals surface area (Å²) in [5.41, 5.74) is 0. The Balaban J connectivity index is -0.000000416. The molecule has 0 rings (SSSR count). The first-order valence-electron chi connectivity index (χ1n) is 5.87. The van der Waals surface area contributed by atoms with Crippen LogP contribution in [-0.4, -0.2) is 57.3 Å². The lowest BCUT2D eigenvalue weighted by Gasteiger charge is -2.27. The van der Waals surface area contributed by atoms with Crippen molar-refractivity contribution in [2.75, 3.05) is 0 Å². The van der Waals surface area contributed by atoms with Gasteiger partial charge in [0.25, 0.3) is 0 Å². The molecule has 31 heavy (non-hydrogen) atoms. The van der Waals surface area contributed by atoms with E-state index < -0.39 is 59.4 Å². The fourth-order valence-corrected chi connectivity index (χ4v) is 0.652. The molecule has 4 nitrogen and oxygen atoms in total. The molecule has 23 heteroatoms. The number of nitrogens with two attached hydrogens (primary N) is 1. The highest BCUT2D eigenvalue weighted by molar-refractivity contribution is 7.61. The summed E-state index contributed by atoms with van der Waals surface area (Å²) in [6, 6.07) is 0. The average molecular weight is 534 g/mol. The van der Waals surface area contributed by atoms with Crippen molar-refractivity contribution in [2.24, 2.45) is 10.3 Å². The summed E-state index contributed by atoms with van der Waals surface area (Å²) in [7, 11) is -2.42. The van der Waals surface area contributed by atoms with E-state index in [9.17, 15) is 79.0 Å². The number of nitrogens with zero attached hydrogens (tertiary/aromatic N) is 1. The minimum atomic E-state index is -6.73. The molecule has 2 N–H and O–H groups in total. The van der Waals surface area contributed by atoms with Gasteiger partial charge in [0, 0.05) is 0 Å². The van der Waals surface area contributed by atoms with E-state index in [1.807, 2.05) is 0 Å². The predicted molar refractivity (Wildman–Crippen MR) is 59.4 cm³/mol.